The lowest BCUT2D eigenvalue weighted by Crippen LogP contribution is -2.48. The monoisotopic (exact) mass is 284 g/mol. The Morgan fingerprint density at radius 1 is 1.05 bits per heavy atom. The van der Waals surface area contributed by atoms with E-state index in [1.54, 1.807) is 7.11 Å². The van der Waals surface area contributed by atoms with E-state index in [2.05, 4.69) is 17.1 Å². The van der Waals surface area contributed by atoms with Crippen LogP contribution in [0, 0.1) is 0 Å². The molecule has 2 heterocycles. The fourth-order valence-corrected chi connectivity index (χ4v) is 3.70. The van der Waals surface area contributed by atoms with E-state index < -0.39 is 0 Å². The zero-order chi connectivity index (χ0) is 14.2. The van der Waals surface area contributed by atoms with Gasteiger partial charge in [0.2, 0.25) is 0 Å². The molecule has 0 spiro atoms. The predicted molar refractivity (Wildman–Crippen MR) is 82.1 cm³/mol. The minimum atomic E-state index is 0.705. The van der Waals surface area contributed by atoms with E-state index in [4.69, 9.17) is 9.47 Å². The minimum Gasteiger partial charge on any atom is -0.382 e. The zero-order valence-corrected chi connectivity index (χ0v) is 13.3. The molecule has 4 heteroatoms. The van der Waals surface area contributed by atoms with Gasteiger partial charge in [0.15, 0.2) is 0 Å². The molecule has 0 radical (unpaired) electrons. The van der Waals surface area contributed by atoms with Crippen LogP contribution < -0.4 is 5.32 Å². The Labute approximate surface area is 124 Å². The zero-order valence-electron chi connectivity index (χ0n) is 13.3. The van der Waals surface area contributed by atoms with Crippen LogP contribution in [0.25, 0.3) is 0 Å². The van der Waals surface area contributed by atoms with Gasteiger partial charge in [-0.1, -0.05) is 6.92 Å². The number of fused-ring (bicyclic) bond motifs is 2. The molecular weight excluding hydrogens is 252 g/mol. The van der Waals surface area contributed by atoms with Crippen molar-refractivity contribution in [2.75, 3.05) is 40.0 Å². The molecule has 1 N–H and O–H groups in total. The van der Waals surface area contributed by atoms with Crippen LogP contribution in [0.4, 0.5) is 0 Å². The molecule has 2 aliphatic rings. The van der Waals surface area contributed by atoms with E-state index >= 15 is 0 Å². The van der Waals surface area contributed by atoms with Crippen LogP contribution in [0.2, 0.25) is 0 Å². The van der Waals surface area contributed by atoms with Gasteiger partial charge < -0.3 is 19.7 Å². The van der Waals surface area contributed by atoms with E-state index in [1.807, 2.05) is 0 Å². The summed E-state index contributed by atoms with van der Waals surface area (Å²) in [5.74, 6) is 0. The van der Waals surface area contributed by atoms with Crippen LogP contribution >= 0.6 is 0 Å². The van der Waals surface area contributed by atoms with Crippen LogP contribution in [0.3, 0.4) is 0 Å². The Kier molecular flexibility index (Phi) is 7.28. The second-order valence-corrected chi connectivity index (χ2v) is 6.26. The molecule has 2 fully saturated rings. The third kappa shape index (κ3) is 4.99. The molecule has 0 aromatic rings. The highest BCUT2D eigenvalue weighted by Crippen LogP contribution is 2.29. The van der Waals surface area contributed by atoms with Crippen LogP contribution in [0.5, 0.6) is 0 Å². The second-order valence-electron chi connectivity index (χ2n) is 6.26. The van der Waals surface area contributed by atoms with Gasteiger partial charge in [-0.2, -0.15) is 0 Å². The van der Waals surface area contributed by atoms with Crippen molar-refractivity contribution in [2.45, 2.75) is 63.6 Å². The van der Waals surface area contributed by atoms with Crippen molar-refractivity contribution in [3.63, 3.8) is 0 Å². The predicted octanol–water partition coefficient (Wildman–Crippen LogP) is 2.03. The van der Waals surface area contributed by atoms with Gasteiger partial charge in [-0.05, 0) is 45.1 Å². The molecule has 2 unspecified atom stereocenters. The molecule has 2 aliphatic heterocycles. The third-order valence-electron chi connectivity index (χ3n) is 4.64. The van der Waals surface area contributed by atoms with Crippen molar-refractivity contribution in [1.29, 1.82) is 0 Å². The summed E-state index contributed by atoms with van der Waals surface area (Å²) in [6, 6.07) is 2.37. The molecule has 0 saturated carbocycles. The molecule has 2 bridgehead atoms. The topological polar surface area (TPSA) is 33.7 Å². The number of ether oxygens (including phenoxy) is 2. The van der Waals surface area contributed by atoms with Crippen molar-refractivity contribution in [3.05, 3.63) is 0 Å². The Morgan fingerprint density at radius 2 is 1.80 bits per heavy atom. The molecular formula is C16H32N2O2. The lowest BCUT2D eigenvalue weighted by molar-refractivity contribution is 0.0596. The Hall–Kier alpha value is -0.160. The highest BCUT2D eigenvalue weighted by atomic mass is 16.5. The van der Waals surface area contributed by atoms with Gasteiger partial charge in [0.1, 0.15) is 0 Å². The third-order valence-corrected chi connectivity index (χ3v) is 4.64. The number of nitrogens with one attached hydrogen (secondary N) is 1. The average Bonchev–Trinajstić information content (AvgIpc) is 2.80. The van der Waals surface area contributed by atoms with E-state index in [1.165, 1.54) is 45.2 Å². The van der Waals surface area contributed by atoms with Gasteiger partial charge in [0, 0.05) is 38.4 Å². The first-order chi connectivity index (χ1) is 9.83. The molecule has 2 rings (SSSR count). The summed E-state index contributed by atoms with van der Waals surface area (Å²) in [6.45, 7) is 7.00. The number of rotatable bonds is 10. The normalized spacial score (nSPS) is 29.2. The summed E-state index contributed by atoms with van der Waals surface area (Å²) < 4.78 is 10.6. The lowest BCUT2D eigenvalue weighted by atomic mass is 9.98. The molecule has 0 aromatic heterocycles. The van der Waals surface area contributed by atoms with E-state index in [9.17, 15) is 0 Å². The quantitative estimate of drug-likeness (QED) is 0.623. The van der Waals surface area contributed by atoms with Crippen LogP contribution in [0.15, 0.2) is 0 Å². The van der Waals surface area contributed by atoms with Crippen LogP contribution in [0.1, 0.15) is 45.4 Å². The highest BCUT2D eigenvalue weighted by Gasteiger charge is 2.35. The number of hydrogen-bond acceptors (Lipinski definition) is 4. The number of piperidine rings is 1. The molecule has 0 aliphatic carbocycles. The van der Waals surface area contributed by atoms with Crippen molar-refractivity contribution >= 4 is 0 Å². The van der Waals surface area contributed by atoms with Gasteiger partial charge in [0.25, 0.3) is 0 Å². The SMILES string of the molecule is CCCN(CCCOCCOC)C1CC2CCC(C1)N2. The molecule has 20 heavy (non-hydrogen) atoms. The maximum atomic E-state index is 5.58. The van der Waals surface area contributed by atoms with Gasteiger partial charge in [-0.3, -0.25) is 0 Å². The van der Waals surface area contributed by atoms with Crippen LogP contribution in [-0.2, 0) is 9.47 Å². The molecule has 118 valence electrons. The number of hydrogen-bond donors (Lipinski definition) is 1. The maximum absolute atomic E-state index is 5.58. The van der Waals surface area contributed by atoms with E-state index in [-0.39, 0.29) is 0 Å². The molecule has 2 saturated heterocycles. The average molecular weight is 284 g/mol. The largest absolute Gasteiger partial charge is 0.382 e. The summed E-state index contributed by atoms with van der Waals surface area (Å²) in [5.41, 5.74) is 0. The van der Waals surface area contributed by atoms with E-state index in [0.29, 0.717) is 6.61 Å². The van der Waals surface area contributed by atoms with Gasteiger partial charge in [-0.25, -0.2) is 0 Å². The first-order valence-corrected chi connectivity index (χ1v) is 8.40. The Bertz CT molecular complexity index is 251. The summed E-state index contributed by atoms with van der Waals surface area (Å²) in [7, 11) is 1.72. The summed E-state index contributed by atoms with van der Waals surface area (Å²) in [5, 5.41) is 3.74. The first-order valence-electron chi connectivity index (χ1n) is 8.40. The van der Waals surface area contributed by atoms with Crippen molar-refractivity contribution in [3.8, 4) is 0 Å². The molecule has 2 atom stereocenters. The summed E-state index contributed by atoms with van der Waals surface area (Å²) >= 11 is 0. The Morgan fingerprint density at radius 3 is 2.45 bits per heavy atom. The smallest absolute Gasteiger partial charge is 0.0700 e. The fourth-order valence-electron chi connectivity index (χ4n) is 3.70. The maximum Gasteiger partial charge on any atom is 0.0700 e. The summed E-state index contributed by atoms with van der Waals surface area (Å²) in [6.07, 6.45) is 7.87. The first kappa shape index (κ1) is 16.2. The Balaban J connectivity index is 1.67. The number of methoxy groups -OCH3 is 1. The van der Waals surface area contributed by atoms with E-state index in [0.717, 1.165) is 37.8 Å². The lowest BCUT2D eigenvalue weighted by Gasteiger charge is -2.37. The van der Waals surface area contributed by atoms with Gasteiger partial charge in [0.05, 0.1) is 13.2 Å². The second kappa shape index (κ2) is 8.98. The van der Waals surface area contributed by atoms with Crippen molar-refractivity contribution < 1.29 is 9.47 Å². The fraction of sp³-hybridized carbons (Fsp3) is 1.00. The summed E-state index contributed by atoms with van der Waals surface area (Å²) in [4.78, 5) is 2.71. The molecule has 0 aromatic carbocycles. The van der Waals surface area contributed by atoms with Crippen molar-refractivity contribution in [2.24, 2.45) is 0 Å². The standard InChI is InChI=1S/C16H32N2O2/c1-3-7-18(8-4-9-20-11-10-19-2)16-12-14-5-6-15(13-16)17-14/h14-17H,3-13H2,1-2H3. The minimum absolute atomic E-state index is 0.705. The van der Waals surface area contributed by atoms with Gasteiger partial charge in [-0.15, -0.1) is 0 Å². The van der Waals surface area contributed by atoms with Gasteiger partial charge >= 0.3 is 0 Å². The number of nitrogens with zero attached hydrogens (tertiary/aromatic N) is 1. The highest BCUT2D eigenvalue weighted by molar-refractivity contribution is 4.95. The molecule has 0 amide bonds. The molecule has 4 nitrogen and oxygen atoms in total. The van der Waals surface area contributed by atoms with Crippen LogP contribution in [-0.4, -0.2) is 63.0 Å². The van der Waals surface area contributed by atoms with Crippen molar-refractivity contribution in [1.82, 2.24) is 10.2 Å².